The number of ether oxygens (including phenoxy) is 1. The first-order valence-electron chi connectivity index (χ1n) is 8.38. The lowest BCUT2D eigenvalue weighted by molar-refractivity contribution is -0.0684. The van der Waals surface area contributed by atoms with Gasteiger partial charge in [-0.05, 0) is 26.2 Å². The van der Waals surface area contributed by atoms with Gasteiger partial charge in [-0.2, -0.15) is 5.10 Å². The lowest BCUT2D eigenvalue weighted by Gasteiger charge is -2.42. The van der Waals surface area contributed by atoms with Crippen LogP contribution in [0.1, 0.15) is 22.0 Å². The van der Waals surface area contributed by atoms with Gasteiger partial charge in [-0.3, -0.25) is 9.48 Å². The Kier molecular flexibility index (Phi) is 5.87. The second-order valence-electron chi connectivity index (χ2n) is 6.66. The number of benzene rings is 1. The van der Waals surface area contributed by atoms with Crippen molar-refractivity contribution in [2.24, 2.45) is 7.05 Å². The third-order valence-corrected chi connectivity index (χ3v) is 5.23. The Morgan fingerprint density at radius 1 is 1.38 bits per heavy atom. The minimum Gasteiger partial charge on any atom is -0.373 e. The van der Waals surface area contributed by atoms with Gasteiger partial charge in [-0.15, -0.1) is 0 Å². The highest BCUT2D eigenvalue weighted by molar-refractivity contribution is 6.43. The summed E-state index contributed by atoms with van der Waals surface area (Å²) < 4.78 is 7.73. The largest absolute Gasteiger partial charge is 0.373 e. The number of carbonyl (C=O) groups is 1. The van der Waals surface area contributed by atoms with Crippen LogP contribution in [-0.2, 0) is 11.8 Å². The highest BCUT2D eigenvalue weighted by Crippen LogP contribution is 2.33. The summed E-state index contributed by atoms with van der Waals surface area (Å²) in [6, 6.07) is 4.86. The fourth-order valence-electron chi connectivity index (χ4n) is 3.28. The molecule has 1 aromatic heterocycles. The average Bonchev–Trinajstić information content (AvgIpc) is 3.02. The first-order valence-corrected chi connectivity index (χ1v) is 9.14. The zero-order chi connectivity index (χ0) is 18.8. The number of hydrogen-bond donors (Lipinski definition) is 0. The third kappa shape index (κ3) is 3.88. The van der Waals surface area contributed by atoms with Gasteiger partial charge in [0.1, 0.15) is 0 Å². The quantitative estimate of drug-likeness (QED) is 0.796. The van der Waals surface area contributed by atoms with Crippen molar-refractivity contribution < 1.29 is 9.53 Å². The summed E-state index contributed by atoms with van der Waals surface area (Å²) in [6.45, 7) is 1.64. The zero-order valence-electron chi connectivity index (χ0n) is 15.0. The van der Waals surface area contributed by atoms with E-state index in [9.17, 15) is 4.79 Å². The number of morpholine rings is 1. The summed E-state index contributed by atoms with van der Waals surface area (Å²) in [6.07, 6.45) is 3.54. The topological polar surface area (TPSA) is 50.6 Å². The summed E-state index contributed by atoms with van der Waals surface area (Å²) in [5, 5.41) is 4.91. The Morgan fingerprint density at radius 2 is 2.15 bits per heavy atom. The van der Waals surface area contributed by atoms with Gasteiger partial charge >= 0.3 is 0 Å². The molecule has 26 heavy (non-hydrogen) atoms. The number of nitrogens with zero attached hydrogens (tertiary/aromatic N) is 4. The highest BCUT2D eigenvalue weighted by atomic mass is 35.5. The average molecular weight is 397 g/mol. The van der Waals surface area contributed by atoms with Crippen molar-refractivity contribution in [3.8, 4) is 0 Å². The third-order valence-electron chi connectivity index (χ3n) is 4.41. The van der Waals surface area contributed by atoms with Crippen molar-refractivity contribution >= 4 is 29.1 Å². The smallest absolute Gasteiger partial charge is 0.256 e. The first kappa shape index (κ1) is 19.2. The SMILES string of the molecule is CN(C)C[C@@H]1OCCN(C(=O)c2cccc(Cl)c2Cl)[C@H]1c1cnn(C)c1. The van der Waals surface area contributed by atoms with Crippen LogP contribution < -0.4 is 0 Å². The number of halogens is 2. The van der Waals surface area contributed by atoms with E-state index >= 15 is 0 Å². The molecule has 2 aromatic rings. The van der Waals surface area contributed by atoms with Gasteiger partial charge in [0, 0.05) is 31.9 Å². The lowest BCUT2D eigenvalue weighted by Crippen LogP contribution is -2.51. The molecule has 0 N–H and O–H groups in total. The van der Waals surface area contributed by atoms with Crippen molar-refractivity contribution in [1.82, 2.24) is 19.6 Å². The predicted octanol–water partition coefficient (Wildman–Crippen LogP) is 2.87. The molecule has 1 aliphatic heterocycles. The van der Waals surface area contributed by atoms with Gasteiger partial charge in [0.05, 0.1) is 40.6 Å². The van der Waals surface area contributed by atoms with E-state index in [1.54, 1.807) is 29.1 Å². The molecule has 8 heteroatoms. The van der Waals surface area contributed by atoms with E-state index < -0.39 is 0 Å². The van der Waals surface area contributed by atoms with Crippen LogP contribution in [0.3, 0.4) is 0 Å². The van der Waals surface area contributed by atoms with Crippen LogP contribution in [0, 0.1) is 0 Å². The summed E-state index contributed by atoms with van der Waals surface area (Å²) in [5.41, 5.74) is 1.34. The Labute approximate surface area is 163 Å². The molecular weight excluding hydrogens is 375 g/mol. The minimum absolute atomic E-state index is 0.154. The summed E-state index contributed by atoms with van der Waals surface area (Å²) in [7, 11) is 5.82. The number of likely N-dealkylation sites (N-methyl/N-ethyl adjacent to an activating group) is 1. The molecule has 0 spiro atoms. The van der Waals surface area contributed by atoms with Crippen LogP contribution in [-0.4, -0.2) is 65.4 Å². The maximum absolute atomic E-state index is 13.3. The first-order chi connectivity index (χ1) is 12.4. The van der Waals surface area contributed by atoms with Crippen LogP contribution >= 0.6 is 23.2 Å². The van der Waals surface area contributed by atoms with E-state index in [-0.39, 0.29) is 23.1 Å². The van der Waals surface area contributed by atoms with E-state index in [1.165, 1.54) is 0 Å². The van der Waals surface area contributed by atoms with Gasteiger partial charge in [0.25, 0.3) is 5.91 Å². The standard InChI is InChI=1S/C18H22Cl2N4O2/c1-22(2)11-15-17(12-9-21-23(3)10-12)24(7-8-26-15)18(25)13-5-4-6-14(19)16(13)20/h4-6,9-10,15,17H,7-8,11H2,1-3H3/t15-,17-/m0/s1. The Morgan fingerprint density at radius 3 is 2.81 bits per heavy atom. The predicted molar refractivity (Wildman–Crippen MR) is 102 cm³/mol. The summed E-state index contributed by atoms with van der Waals surface area (Å²) in [4.78, 5) is 17.1. The summed E-state index contributed by atoms with van der Waals surface area (Å²) >= 11 is 12.4. The molecule has 1 saturated heterocycles. The highest BCUT2D eigenvalue weighted by Gasteiger charge is 2.38. The normalized spacial score (nSPS) is 20.6. The number of aromatic nitrogens is 2. The Bertz CT molecular complexity index is 793. The molecule has 0 aliphatic carbocycles. The van der Waals surface area contributed by atoms with Crippen molar-refractivity contribution in [3.63, 3.8) is 0 Å². The number of carbonyl (C=O) groups excluding carboxylic acids is 1. The second kappa shape index (κ2) is 7.96. The zero-order valence-corrected chi connectivity index (χ0v) is 16.5. The molecule has 1 fully saturated rings. The maximum Gasteiger partial charge on any atom is 0.256 e. The summed E-state index contributed by atoms with van der Waals surface area (Å²) in [5.74, 6) is -0.154. The molecular formula is C18H22Cl2N4O2. The molecule has 1 aromatic carbocycles. The number of hydrogen-bond acceptors (Lipinski definition) is 4. The lowest BCUT2D eigenvalue weighted by atomic mass is 9.99. The maximum atomic E-state index is 13.3. The molecule has 0 saturated carbocycles. The minimum atomic E-state index is -0.248. The van der Waals surface area contributed by atoms with Gasteiger partial charge in [-0.25, -0.2) is 0 Å². The molecule has 0 bridgehead atoms. The van der Waals surface area contributed by atoms with E-state index in [2.05, 4.69) is 5.10 Å². The monoisotopic (exact) mass is 396 g/mol. The molecule has 2 atom stereocenters. The van der Waals surface area contributed by atoms with Crippen LogP contribution in [0.2, 0.25) is 10.0 Å². The van der Waals surface area contributed by atoms with Gasteiger partial charge in [0.2, 0.25) is 0 Å². The molecule has 1 aliphatic rings. The molecule has 3 rings (SSSR count). The van der Waals surface area contributed by atoms with Crippen molar-refractivity contribution in [3.05, 3.63) is 51.8 Å². The second-order valence-corrected chi connectivity index (χ2v) is 7.45. The van der Waals surface area contributed by atoms with Gasteiger partial charge < -0.3 is 14.5 Å². The van der Waals surface area contributed by atoms with E-state index in [4.69, 9.17) is 27.9 Å². The van der Waals surface area contributed by atoms with Crippen LogP contribution in [0.4, 0.5) is 0 Å². The molecule has 2 heterocycles. The molecule has 1 amide bonds. The van der Waals surface area contributed by atoms with Crippen LogP contribution in [0.15, 0.2) is 30.6 Å². The Hall–Kier alpha value is -1.60. The van der Waals surface area contributed by atoms with Crippen LogP contribution in [0.5, 0.6) is 0 Å². The number of amides is 1. The van der Waals surface area contributed by atoms with E-state index in [1.807, 2.05) is 37.1 Å². The van der Waals surface area contributed by atoms with Crippen LogP contribution in [0.25, 0.3) is 0 Å². The molecule has 6 nitrogen and oxygen atoms in total. The van der Waals surface area contributed by atoms with Crippen molar-refractivity contribution in [2.45, 2.75) is 12.1 Å². The number of aryl methyl sites for hydroxylation is 1. The molecule has 0 radical (unpaired) electrons. The molecule has 0 unspecified atom stereocenters. The molecule has 140 valence electrons. The van der Waals surface area contributed by atoms with Gasteiger partial charge in [-0.1, -0.05) is 29.3 Å². The van der Waals surface area contributed by atoms with Crippen molar-refractivity contribution in [2.75, 3.05) is 33.8 Å². The Balaban J connectivity index is 1.99. The number of rotatable bonds is 4. The fourth-order valence-corrected chi connectivity index (χ4v) is 3.67. The van der Waals surface area contributed by atoms with Gasteiger partial charge in [0.15, 0.2) is 0 Å². The van der Waals surface area contributed by atoms with Crippen molar-refractivity contribution in [1.29, 1.82) is 0 Å². The van der Waals surface area contributed by atoms with E-state index in [0.717, 1.165) is 5.56 Å². The fraction of sp³-hybridized carbons (Fsp3) is 0.444. The van der Waals surface area contributed by atoms with E-state index in [0.29, 0.717) is 30.3 Å².